The molecule has 0 bridgehead atoms. The summed E-state index contributed by atoms with van der Waals surface area (Å²) in [6.45, 7) is 4.06. The average molecular weight is 283 g/mol. The fourth-order valence-corrected chi connectivity index (χ4v) is 2.81. The minimum absolute atomic E-state index is 0.624. The molecule has 0 amide bonds. The number of aryl methyl sites for hydroxylation is 1. The summed E-state index contributed by atoms with van der Waals surface area (Å²) in [6, 6.07) is 3.99. The first-order valence-electron chi connectivity index (χ1n) is 5.48. The van der Waals surface area contributed by atoms with Crippen LogP contribution in [0.1, 0.15) is 36.0 Å². The van der Waals surface area contributed by atoms with Crippen LogP contribution in [0.3, 0.4) is 0 Å². The van der Waals surface area contributed by atoms with Gasteiger partial charge in [-0.05, 0) is 49.4 Å². The van der Waals surface area contributed by atoms with Gasteiger partial charge in [-0.15, -0.1) is 0 Å². The Hall–Kier alpha value is -0.830. The summed E-state index contributed by atoms with van der Waals surface area (Å²) in [4.78, 5) is 11.4. The Morgan fingerprint density at radius 3 is 2.38 bits per heavy atom. The summed E-state index contributed by atoms with van der Waals surface area (Å²) in [5.74, 6) is -0.686. The third-order valence-electron chi connectivity index (χ3n) is 3.77. The van der Waals surface area contributed by atoms with E-state index in [1.807, 2.05) is 26.0 Å². The van der Waals surface area contributed by atoms with Crippen molar-refractivity contribution in [3.8, 4) is 0 Å². The maximum atomic E-state index is 11.4. The highest BCUT2D eigenvalue weighted by atomic mass is 79.9. The lowest BCUT2D eigenvalue weighted by molar-refractivity contribution is -0.147. The van der Waals surface area contributed by atoms with Gasteiger partial charge in [-0.2, -0.15) is 0 Å². The van der Waals surface area contributed by atoms with E-state index < -0.39 is 11.4 Å². The normalized spacial score (nSPS) is 17.9. The molecule has 0 radical (unpaired) electrons. The smallest absolute Gasteiger partial charge is 0.314 e. The van der Waals surface area contributed by atoms with Crippen LogP contribution in [0, 0.1) is 13.8 Å². The van der Waals surface area contributed by atoms with Gasteiger partial charge in [-0.25, -0.2) is 0 Å². The number of aliphatic carboxylic acids is 1. The molecule has 2 nitrogen and oxygen atoms in total. The van der Waals surface area contributed by atoms with Gasteiger partial charge in [0.25, 0.3) is 0 Å². The van der Waals surface area contributed by atoms with Gasteiger partial charge < -0.3 is 5.11 Å². The SMILES string of the molecule is Cc1cc(C2(C(=O)O)CCC2)cc(Br)c1C. The first-order valence-corrected chi connectivity index (χ1v) is 6.27. The predicted molar refractivity (Wildman–Crippen MR) is 66.8 cm³/mol. The van der Waals surface area contributed by atoms with Gasteiger partial charge in [0.15, 0.2) is 0 Å². The predicted octanol–water partition coefficient (Wildman–Crippen LogP) is 3.57. The van der Waals surface area contributed by atoms with E-state index in [2.05, 4.69) is 15.9 Å². The molecule has 1 fully saturated rings. The molecule has 2 rings (SSSR count). The number of carboxylic acid groups (broad SMARTS) is 1. The zero-order valence-corrected chi connectivity index (χ0v) is 11.1. The Labute approximate surface area is 104 Å². The number of halogens is 1. The Morgan fingerprint density at radius 2 is 2.00 bits per heavy atom. The summed E-state index contributed by atoms with van der Waals surface area (Å²) in [5.41, 5.74) is 2.66. The van der Waals surface area contributed by atoms with Crippen LogP contribution in [0.4, 0.5) is 0 Å². The van der Waals surface area contributed by atoms with E-state index in [-0.39, 0.29) is 0 Å². The molecule has 86 valence electrons. The van der Waals surface area contributed by atoms with E-state index >= 15 is 0 Å². The second-order valence-corrected chi connectivity index (χ2v) is 5.50. The quantitative estimate of drug-likeness (QED) is 0.900. The van der Waals surface area contributed by atoms with Crippen LogP contribution >= 0.6 is 15.9 Å². The molecule has 0 saturated heterocycles. The molecule has 0 aliphatic heterocycles. The molecule has 1 aliphatic carbocycles. The molecule has 1 saturated carbocycles. The number of rotatable bonds is 2. The third-order valence-corrected chi connectivity index (χ3v) is 4.60. The molecule has 3 heteroatoms. The van der Waals surface area contributed by atoms with Crippen molar-refractivity contribution in [2.24, 2.45) is 0 Å². The molecule has 0 unspecified atom stereocenters. The highest BCUT2D eigenvalue weighted by molar-refractivity contribution is 9.10. The van der Waals surface area contributed by atoms with Crippen molar-refractivity contribution in [3.05, 3.63) is 33.3 Å². The van der Waals surface area contributed by atoms with Crippen molar-refractivity contribution in [3.63, 3.8) is 0 Å². The minimum Gasteiger partial charge on any atom is -0.481 e. The molecule has 0 heterocycles. The minimum atomic E-state index is -0.686. The fraction of sp³-hybridized carbons (Fsp3) is 0.462. The van der Waals surface area contributed by atoms with E-state index in [1.165, 1.54) is 5.56 Å². The van der Waals surface area contributed by atoms with Gasteiger partial charge in [0, 0.05) is 4.47 Å². The van der Waals surface area contributed by atoms with E-state index in [4.69, 9.17) is 0 Å². The Morgan fingerprint density at radius 1 is 1.38 bits per heavy atom. The fourth-order valence-electron chi connectivity index (χ4n) is 2.25. The molecule has 1 aromatic rings. The summed E-state index contributed by atoms with van der Waals surface area (Å²) in [7, 11) is 0. The van der Waals surface area contributed by atoms with E-state index in [0.29, 0.717) is 0 Å². The number of carboxylic acids is 1. The monoisotopic (exact) mass is 282 g/mol. The molecule has 1 N–H and O–H groups in total. The molecular formula is C13H15BrO2. The Bertz CT molecular complexity index is 424. The summed E-state index contributed by atoms with van der Waals surface area (Å²) < 4.78 is 1.01. The van der Waals surface area contributed by atoms with Crippen molar-refractivity contribution in [1.82, 2.24) is 0 Å². The van der Waals surface area contributed by atoms with Crippen LogP contribution in [-0.4, -0.2) is 11.1 Å². The lowest BCUT2D eigenvalue weighted by atomic mass is 9.64. The lowest BCUT2D eigenvalue weighted by Crippen LogP contribution is -2.42. The van der Waals surface area contributed by atoms with Gasteiger partial charge in [0.05, 0.1) is 5.41 Å². The van der Waals surface area contributed by atoms with E-state index in [9.17, 15) is 9.90 Å². The average Bonchev–Trinajstić information content (AvgIpc) is 2.11. The Kier molecular flexibility index (Phi) is 2.82. The van der Waals surface area contributed by atoms with Gasteiger partial charge in [-0.3, -0.25) is 4.79 Å². The lowest BCUT2D eigenvalue weighted by Gasteiger charge is -2.38. The van der Waals surface area contributed by atoms with Gasteiger partial charge >= 0.3 is 5.97 Å². The molecule has 0 atom stereocenters. The standard InChI is InChI=1S/C13H15BrO2/c1-8-6-10(7-11(14)9(8)2)13(12(15)16)4-3-5-13/h6-7H,3-5H2,1-2H3,(H,15,16). The van der Waals surface area contributed by atoms with Crippen molar-refractivity contribution >= 4 is 21.9 Å². The molecule has 0 spiro atoms. The maximum absolute atomic E-state index is 11.4. The van der Waals surface area contributed by atoms with Crippen LogP contribution in [0.25, 0.3) is 0 Å². The highest BCUT2D eigenvalue weighted by Gasteiger charge is 2.46. The maximum Gasteiger partial charge on any atom is 0.314 e. The Balaban J connectivity index is 2.52. The van der Waals surface area contributed by atoms with Gasteiger partial charge in [0.1, 0.15) is 0 Å². The number of carbonyl (C=O) groups is 1. The van der Waals surface area contributed by atoms with Crippen LogP contribution < -0.4 is 0 Å². The molecule has 1 aliphatic rings. The number of hydrogen-bond acceptors (Lipinski definition) is 1. The van der Waals surface area contributed by atoms with Crippen LogP contribution in [0.2, 0.25) is 0 Å². The summed E-state index contributed by atoms with van der Waals surface area (Å²) in [6.07, 6.45) is 2.53. The van der Waals surface area contributed by atoms with Crippen molar-refractivity contribution in [2.75, 3.05) is 0 Å². The second kappa shape index (κ2) is 3.88. The van der Waals surface area contributed by atoms with Crippen molar-refractivity contribution in [2.45, 2.75) is 38.5 Å². The van der Waals surface area contributed by atoms with Crippen molar-refractivity contribution < 1.29 is 9.90 Å². The van der Waals surface area contributed by atoms with Crippen LogP contribution in [0.5, 0.6) is 0 Å². The number of benzene rings is 1. The molecule has 16 heavy (non-hydrogen) atoms. The van der Waals surface area contributed by atoms with E-state index in [1.54, 1.807) is 0 Å². The second-order valence-electron chi connectivity index (χ2n) is 4.64. The van der Waals surface area contributed by atoms with Crippen LogP contribution in [-0.2, 0) is 10.2 Å². The van der Waals surface area contributed by atoms with Gasteiger partial charge in [-0.1, -0.05) is 28.4 Å². The topological polar surface area (TPSA) is 37.3 Å². The molecule has 0 aromatic heterocycles. The van der Waals surface area contributed by atoms with Gasteiger partial charge in [0.2, 0.25) is 0 Å². The zero-order valence-electron chi connectivity index (χ0n) is 9.51. The first kappa shape index (κ1) is 11.6. The largest absolute Gasteiger partial charge is 0.481 e. The summed E-state index contributed by atoms with van der Waals surface area (Å²) >= 11 is 3.50. The zero-order chi connectivity index (χ0) is 11.9. The van der Waals surface area contributed by atoms with Crippen LogP contribution in [0.15, 0.2) is 16.6 Å². The molecule has 1 aromatic carbocycles. The summed E-state index contributed by atoms with van der Waals surface area (Å²) in [5, 5.41) is 9.37. The number of hydrogen-bond donors (Lipinski definition) is 1. The molecular weight excluding hydrogens is 268 g/mol. The van der Waals surface area contributed by atoms with E-state index in [0.717, 1.165) is 34.9 Å². The van der Waals surface area contributed by atoms with Crippen molar-refractivity contribution in [1.29, 1.82) is 0 Å². The third kappa shape index (κ3) is 1.58. The first-order chi connectivity index (χ1) is 7.47. The highest BCUT2D eigenvalue weighted by Crippen LogP contribution is 2.45.